The number of fused-ring (bicyclic) bond motifs is 3. The molecule has 2 N–H and O–H groups in total. The molecule has 3 fully saturated rings. The summed E-state index contributed by atoms with van der Waals surface area (Å²) in [6.07, 6.45) is -6.96. The van der Waals surface area contributed by atoms with Crippen LogP contribution in [0.2, 0.25) is 0 Å². The predicted octanol–water partition coefficient (Wildman–Crippen LogP) is 8.00. The van der Waals surface area contributed by atoms with Gasteiger partial charge in [-0.15, -0.1) is 0 Å². The van der Waals surface area contributed by atoms with Crippen LogP contribution in [0.3, 0.4) is 0 Å². The number of hydrogen-bond donors (Lipinski definition) is 2. The van der Waals surface area contributed by atoms with E-state index in [1.807, 2.05) is 12.1 Å². The Balaban J connectivity index is 0.887. The van der Waals surface area contributed by atoms with E-state index in [0.29, 0.717) is 41.5 Å². The van der Waals surface area contributed by atoms with Gasteiger partial charge in [-0.2, -0.15) is 36.9 Å². The first-order valence-corrected chi connectivity index (χ1v) is 24.5. The van der Waals surface area contributed by atoms with Crippen LogP contribution < -0.4 is 20.4 Å². The van der Waals surface area contributed by atoms with Gasteiger partial charge in [-0.05, 0) is 124 Å². The van der Waals surface area contributed by atoms with Crippen molar-refractivity contribution >= 4 is 41.2 Å². The molecule has 3 saturated heterocycles. The quantitative estimate of drug-likeness (QED) is 0.127. The number of rotatable bonds is 13. The molecule has 7 aliphatic rings. The lowest BCUT2D eigenvalue weighted by Gasteiger charge is -2.49. The minimum atomic E-state index is -4.72. The molecule has 7 amide bonds. The first kappa shape index (κ1) is 50.4. The van der Waals surface area contributed by atoms with Crippen LogP contribution in [0, 0.1) is 28.1 Å². The van der Waals surface area contributed by atoms with Gasteiger partial charge in [-0.25, -0.2) is 9.59 Å². The lowest BCUT2D eigenvalue weighted by molar-refractivity contribution is -0.150. The smallest absolute Gasteiger partial charge is 0.342 e. The second kappa shape index (κ2) is 19.6. The minimum Gasteiger partial charge on any atom is -0.342 e. The average Bonchev–Trinajstić information content (AvgIpc) is 3.91. The first-order chi connectivity index (χ1) is 35.9. The molecule has 0 spiro atoms. The van der Waals surface area contributed by atoms with Crippen LogP contribution in [0.1, 0.15) is 77.6 Å². The summed E-state index contributed by atoms with van der Waals surface area (Å²) in [5, 5.41) is 24.4. The fraction of sp³-hybridized carbons (Fsp3) is 0.352. The molecular weight excluding hydrogens is 983 g/mol. The summed E-state index contributed by atoms with van der Waals surface area (Å²) < 4.78 is 83.6. The number of benzene rings is 4. The molecule has 4 aromatic rings. The molecule has 386 valence electrons. The summed E-state index contributed by atoms with van der Waals surface area (Å²) in [7, 11) is 0. The summed E-state index contributed by atoms with van der Waals surface area (Å²) in [4.78, 5) is 81.0. The highest BCUT2D eigenvalue weighted by atomic mass is 19.4. The van der Waals surface area contributed by atoms with Crippen LogP contribution in [0.25, 0.3) is 0 Å². The summed E-state index contributed by atoms with van der Waals surface area (Å²) >= 11 is 0. The van der Waals surface area contributed by atoms with Crippen molar-refractivity contribution in [1.82, 2.24) is 30.2 Å². The number of halogens is 6. The van der Waals surface area contributed by atoms with Gasteiger partial charge < -0.3 is 30.2 Å². The maximum atomic E-state index is 14.9. The molecule has 15 nitrogen and oxygen atoms in total. The Bertz CT molecular complexity index is 2930. The molecule has 0 saturated carbocycles. The Morgan fingerprint density at radius 2 is 1.01 bits per heavy atom. The SMILES string of the molecule is N#Cc1ccc([C@H]2NC(=O)N(c3cccc(C(F)(F)F)c3)C3=C2C(=O)N(CCCN(CCCN2CC4=C(C2=O)[C@@H](c2ccc(C#N)cc2)NC(=O)N4c2cccc(C(F)(F)F)c2)C(=O)C24CCN(CC2)CC4)C3)cc1. The van der Waals surface area contributed by atoms with Crippen LogP contribution in [0.4, 0.5) is 47.3 Å². The normalized spacial score (nSPS) is 22.5. The highest BCUT2D eigenvalue weighted by molar-refractivity contribution is 6.08. The standard InChI is InChI=1S/C54H48F6N10O5/c55-53(56,57)37-5-1-7-39(27-37)69-41-31-67(47(71)43(41)45(63-50(69)74)35-13-9-33(29-61)10-14-35)22-3-20-66(49(73)52-17-24-65(25-18-52)26-19-52)21-4-23-68-32-42-44(48(68)72)46(36-15-11-34(30-62)12-16-36)64-51(75)70(42)40-8-2-6-38(28-40)54(58,59)60/h1-2,5-16,27-28,45-46H,3-4,17-26,31-32H2,(H,63,74)(H,64,75)/t45-,46-/m1/s1. The molecule has 0 aromatic heterocycles. The third-order valence-corrected chi connectivity index (χ3v) is 15.2. The zero-order chi connectivity index (χ0) is 53.0. The summed E-state index contributed by atoms with van der Waals surface area (Å²) in [6.45, 7) is 2.53. The van der Waals surface area contributed by atoms with Crippen molar-refractivity contribution in [1.29, 1.82) is 10.5 Å². The molecule has 2 bridgehead atoms. The highest BCUT2D eigenvalue weighted by Crippen LogP contribution is 2.44. The van der Waals surface area contributed by atoms with Crippen molar-refractivity contribution < 1.29 is 50.3 Å². The van der Waals surface area contributed by atoms with Crippen LogP contribution in [-0.4, -0.2) is 108 Å². The molecule has 0 unspecified atom stereocenters. The summed E-state index contributed by atoms with van der Waals surface area (Å²) in [6, 6.07) is 21.6. The number of nitrogens with one attached hydrogen (secondary N) is 2. The largest absolute Gasteiger partial charge is 0.416 e. The zero-order valence-electron chi connectivity index (χ0n) is 40.2. The van der Waals surface area contributed by atoms with Gasteiger partial charge in [0.15, 0.2) is 0 Å². The third-order valence-electron chi connectivity index (χ3n) is 15.2. The van der Waals surface area contributed by atoms with Gasteiger partial charge in [-0.3, -0.25) is 24.2 Å². The number of urea groups is 2. The van der Waals surface area contributed by atoms with Gasteiger partial charge in [0.1, 0.15) is 0 Å². The fourth-order valence-corrected chi connectivity index (χ4v) is 11.2. The Morgan fingerprint density at radius 1 is 0.613 bits per heavy atom. The van der Waals surface area contributed by atoms with Crippen molar-refractivity contribution in [2.45, 2.75) is 56.5 Å². The molecule has 0 aliphatic carbocycles. The number of anilines is 2. The lowest BCUT2D eigenvalue weighted by atomic mass is 9.71. The molecule has 21 heteroatoms. The van der Waals surface area contributed by atoms with E-state index < -0.39 is 64.9 Å². The average molecular weight is 1030 g/mol. The van der Waals surface area contributed by atoms with Crippen molar-refractivity contribution in [2.75, 3.05) is 68.7 Å². The summed E-state index contributed by atoms with van der Waals surface area (Å²) in [5.74, 6) is -0.999. The third kappa shape index (κ3) is 9.52. The Hall–Kier alpha value is -8.17. The number of hydrogen-bond acceptors (Lipinski definition) is 8. The van der Waals surface area contributed by atoms with E-state index in [1.165, 1.54) is 58.3 Å². The van der Waals surface area contributed by atoms with Gasteiger partial charge in [0.2, 0.25) is 5.91 Å². The number of carbonyl (C=O) groups is 5. The van der Waals surface area contributed by atoms with Crippen LogP contribution in [0.15, 0.2) is 120 Å². The van der Waals surface area contributed by atoms with Gasteiger partial charge >= 0.3 is 24.4 Å². The number of nitriles is 2. The van der Waals surface area contributed by atoms with E-state index in [9.17, 15) is 60.8 Å². The molecule has 75 heavy (non-hydrogen) atoms. The van der Waals surface area contributed by atoms with E-state index in [1.54, 1.807) is 29.2 Å². The van der Waals surface area contributed by atoms with Crippen molar-refractivity contribution in [2.24, 2.45) is 5.41 Å². The highest BCUT2D eigenvalue weighted by Gasteiger charge is 2.49. The monoisotopic (exact) mass is 1030 g/mol. The Labute approximate surface area is 426 Å². The number of carbonyl (C=O) groups excluding carboxylic acids is 5. The number of amides is 7. The molecule has 11 rings (SSSR count). The maximum Gasteiger partial charge on any atom is 0.416 e. The van der Waals surface area contributed by atoms with Crippen LogP contribution in [0.5, 0.6) is 0 Å². The summed E-state index contributed by atoms with van der Waals surface area (Å²) in [5.41, 5.74) is -0.487. The van der Waals surface area contributed by atoms with Gasteiger partial charge in [0.05, 0.1) is 98.9 Å². The second-order valence-electron chi connectivity index (χ2n) is 19.5. The maximum absolute atomic E-state index is 14.9. The van der Waals surface area contributed by atoms with Gasteiger partial charge in [0.25, 0.3) is 11.8 Å². The molecule has 4 aromatic carbocycles. The fourth-order valence-electron chi connectivity index (χ4n) is 11.2. The van der Waals surface area contributed by atoms with Crippen molar-refractivity contribution in [3.63, 3.8) is 0 Å². The number of alkyl halides is 6. The number of nitrogens with zero attached hydrogens (tertiary/aromatic N) is 8. The van der Waals surface area contributed by atoms with E-state index >= 15 is 0 Å². The van der Waals surface area contributed by atoms with Crippen LogP contribution >= 0.6 is 0 Å². The predicted molar refractivity (Wildman–Crippen MR) is 258 cm³/mol. The minimum absolute atomic E-state index is 0.0602. The Kier molecular flexibility index (Phi) is 13.2. The Morgan fingerprint density at radius 3 is 1.39 bits per heavy atom. The molecule has 2 atom stereocenters. The van der Waals surface area contributed by atoms with E-state index in [2.05, 4.69) is 15.5 Å². The van der Waals surface area contributed by atoms with Gasteiger partial charge in [0, 0.05) is 26.2 Å². The number of piperidine rings is 3. The molecule has 0 radical (unpaired) electrons. The molecule has 7 heterocycles. The van der Waals surface area contributed by atoms with Crippen LogP contribution in [-0.2, 0) is 26.7 Å². The van der Waals surface area contributed by atoms with Crippen molar-refractivity contribution in [3.05, 3.63) is 153 Å². The van der Waals surface area contributed by atoms with E-state index in [0.717, 1.165) is 53.7 Å². The van der Waals surface area contributed by atoms with E-state index in [4.69, 9.17) is 0 Å². The van der Waals surface area contributed by atoms with E-state index in [-0.39, 0.29) is 91.9 Å². The second-order valence-corrected chi connectivity index (χ2v) is 19.5. The lowest BCUT2D eigenvalue weighted by Crippen LogP contribution is -2.56. The van der Waals surface area contributed by atoms with Gasteiger partial charge in [-0.1, -0.05) is 36.4 Å². The topological polar surface area (TPSA) is 176 Å². The van der Waals surface area contributed by atoms with Crippen molar-refractivity contribution in [3.8, 4) is 12.1 Å². The molecular formula is C54H48F6N10O5. The first-order valence-electron chi connectivity index (χ1n) is 24.5. The zero-order valence-corrected chi connectivity index (χ0v) is 40.2. The molecule has 7 aliphatic heterocycles.